The lowest BCUT2D eigenvalue weighted by Crippen LogP contribution is -2.39. The van der Waals surface area contributed by atoms with Crippen molar-refractivity contribution in [2.24, 2.45) is 4.99 Å². The maximum Gasteiger partial charge on any atom is 0.339 e. The molecule has 0 unspecified atom stereocenters. The van der Waals surface area contributed by atoms with Gasteiger partial charge in [-0.3, -0.25) is 14.5 Å². The summed E-state index contributed by atoms with van der Waals surface area (Å²) in [5, 5.41) is 3.21. The van der Waals surface area contributed by atoms with Gasteiger partial charge in [0.1, 0.15) is 12.2 Å². The molecule has 1 aliphatic rings. The number of aromatic nitrogens is 1. The lowest BCUT2D eigenvalue weighted by molar-refractivity contribution is -0.120. The van der Waals surface area contributed by atoms with Gasteiger partial charge in [-0.2, -0.15) is 0 Å². The third kappa shape index (κ3) is 4.91. The van der Waals surface area contributed by atoms with E-state index in [9.17, 15) is 14.4 Å². The number of anilines is 2. The second-order valence-electron chi connectivity index (χ2n) is 7.16. The molecule has 2 amide bonds. The summed E-state index contributed by atoms with van der Waals surface area (Å²) in [5.41, 5.74) is 2.19. The second kappa shape index (κ2) is 9.62. The van der Waals surface area contributed by atoms with Crippen LogP contribution in [0.3, 0.4) is 0 Å². The summed E-state index contributed by atoms with van der Waals surface area (Å²) in [4.78, 5) is 48.2. The molecule has 1 aromatic heterocycles. The first-order valence-electron chi connectivity index (χ1n) is 10.0. The van der Waals surface area contributed by atoms with Gasteiger partial charge in [0, 0.05) is 11.2 Å². The predicted octanol–water partition coefficient (Wildman–Crippen LogP) is 4.02. The van der Waals surface area contributed by atoms with E-state index >= 15 is 0 Å². The van der Waals surface area contributed by atoms with Crippen LogP contribution in [0.4, 0.5) is 17.2 Å². The molecule has 4 rings (SSSR count). The first-order valence-corrected chi connectivity index (χ1v) is 10.4. The zero-order valence-electron chi connectivity index (χ0n) is 17.6. The molecule has 9 heteroatoms. The van der Waals surface area contributed by atoms with E-state index in [2.05, 4.69) is 15.3 Å². The van der Waals surface area contributed by atoms with E-state index in [-0.39, 0.29) is 35.9 Å². The van der Waals surface area contributed by atoms with Gasteiger partial charge in [-0.05, 0) is 42.0 Å². The minimum atomic E-state index is -0.580. The van der Waals surface area contributed by atoms with Crippen LogP contribution in [0.5, 0.6) is 0 Å². The van der Waals surface area contributed by atoms with Crippen LogP contribution in [-0.4, -0.2) is 42.1 Å². The zero-order valence-corrected chi connectivity index (χ0v) is 18.4. The molecule has 2 heterocycles. The Kier molecular flexibility index (Phi) is 6.46. The SMILES string of the molecule is COC(=O)c1ccccc1NC(=O)CN1C(=O)CC(c2cccc(Cl)c2)=Nc2cccnc21. The molecule has 33 heavy (non-hydrogen) atoms. The Morgan fingerprint density at radius 3 is 2.73 bits per heavy atom. The Morgan fingerprint density at radius 1 is 1.12 bits per heavy atom. The largest absolute Gasteiger partial charge is 0.465 e. The van der Waals surface area contributed by atoms with E-state index < -0.39 is 11.9 Å². The Morgan fingerprint density at radius 2 is 1.94 bits per heavy atom. The molecule has 8 nitrogen and oxygen atoms in total. The number of benzene rings is 2. The fraction of sp³-hybridized carbons (Fsp3) is 0.125. The van der Waals surface area contributed by atoms with Gasteiger partial charge in [0.25, 0.3) is 0 Å². The molecule has 2 aromatic carbocycles. The molecule has 0 atom stereocenters. The lowest BCUT2D eigenvalue weighted by atomic mass is 10.1. The standard InChI is InChI=1S/C24H19ClN4O4/c1-33-24(32)17-8-2-3-9-18(17)28-21(30)14-29-22(31)13-20(15-6-4-7-16(25)12-15)27-19-10-5-11-26-23(19)29/h2-12H,13-14H2,1H3,(H,28,30). The number of halogens is 1. The third-order valence-electron chi connectivity index (χ3n) is 4.96. The molecule has 0 aliphatic carbocycles. The van der Waals surface area contributed by atoms with Gasteiger partial charge in [-0.15, -0.1) is 0 Å². The number of esters is 1. The van der Waals surface area contributed by atoms with Gasteiger partial charge < -0.3 is 10.1 Å². The molecular weight excluding hydrogens is 444 g/mol. The molecule has 166 valence electrons. The molecular formula is C24H19ClN4O4. The average Bonchev–Trinajstić information content (AvgIpc) is 2.95. The average molecular weight is 463 g/mol. The van der Waals surface area contributed by atoms with Gasteiger partial charge in [0.05, 0.1) is 30.5 Å². The lowest BCUT2D eigenvalue weighted by Gasteiger charge is -2.21. The van der Waals surface area contributed by atoms with Crippen LogP contribution in [0.25, 0.3) is 0 Å². The molecule has 0 bridgehead atoms. The van der Waals surface area contributed by atoms with Crippen LogP contribution in [0.15, 0.2) is 71.9 Å². The Hall–Kier alpha value is -4.04. The van der Waals surface area contributed by atoms with Crippen molar-refractivity contribution in [2.75, 3.05) is 23.9 Å². The van der Waals surface area contributed by atoms with Crippen molar-refractivity contribution in [3.05, 3.63) is 83.0 Å². The maximum absolute atomic E-state index is 13.2. The monoisotopic (exact) mass is 462 g/mol. The quantitative estimate of drug-likeness (QED) is 0.577. The van der Waals surface area contributed by atoms with Crippen molar-refractivity contribution >= 4 is 52.3 Å². The van der Waals surface area contributed by atoms with Crippen LogP contribution in [-0.2, 0) is 14.3 Å². The fourth-order valence-electron chi connectivity index (χ4n) is 3.44. The number of amides is 2. The second-order valence-corrected chi connectivity index (χ2v) is 7.59. The topological polar surface area (TPSA) is 101 Å². The smallest absolute Gasteiger partial charge is 0.339 e. The van der Waals surface area contributed by atoms with E-state index in [1.54, 1.807) is 54.6 Å². The van der Waals surface area contributed by atoms with E-state index in [1.165, 1.54) is 18.2 Å². The van der Waals surface area contributed by atoms with Crippen LogP contribution in [0, 0.1) is 0 Å². The van der Waals surface area contributed by atoms with Gasteiger partial charge in [-0.1, -0.05) is 35.9 Å². The third-order valence-corrected chi connectivity index (χ3v) is 5.20. The Bertz CT molecular complexity index is 1270. The van der Waals surface area contributed by atoms with Crippen molar-refractivity contribution in [3.63, 3.8) is 0 Å². The van der Waals surface area contributed by atoms with E-state index in [4.69, 9.17) is 16.3 Å². The normalized spacial score (nSPS) is 13.0. The van der Waals surface area contributed by atoms with Crippen molar-refractivity contribution in [1.82, 2.24) is 4.98 Å². The minimum Gasteiger partial charge on any atom is -0.465 e. The zero-order chi connectivity index (χ0) is 23.4. The number of aliphatic imine (C=N–C) groups is 1. The molecule has 0 radical (unpaired) electrons. The molecule has 0 spiro atoms. The van der Waals surface area contributed by atoms with Crippen LogP contribution in [0.1, 0.15) is 22.3 Å². The number of fused-ring (bicyclic) bond motifs is 1. The number of nitrogens with one attached hydrogen (secondary N) is 1. The highest BCUT2D eigenvalue weighted by atomic mass is 35.5. The van der Waals surface area contributed by atoms with Gasteiger partial charge in [-0.25, -0.2) is 14.8 Å². The summed E-state index contributed by atoms with van der Waals surface area (Å²) in [7, 11) is 1.26. The fourth-order valence-corrected chi connectivity index (χ4v) is 3.63. The number of nitrogens with zero attached hydrogens (tertiary/aromatic N) is 3. The van der Waals surface area contributed by atoms with Gasteiger partial charge in [0.15, 0.2) is 5.82 Å². The van der Waals surface area contributed by atoms with Crippen molar-refractivity contribution in [2.45, 2.75) is 6.42 Å². The predicted molar refractivity (Wildman–Crippen MR) is 125 cm³/mol. The highest BCUT2D eigenvalue weighted by Crippen LogP contribution is 2.31. The Labute approximate surface area is 194 Å². The van der Waals surface area contributed by atoms with E-state index in [1.807, 2.05) is 6.07 Å². The first kappa shape index (κ1) is 22.2. The number of rotatable bonds is 5. The van der Waals surface area contributed by atoms with Crippen molar-refractivity contribution < 1.29 is 19.1 Å². The number of pyridine rings is 1. The molecule has 1 N–H and O–H groups in total. The number of carbonyl (C=O) groups is 3. The number of ether oxygens (including phenoxy) is 1. The highest BCUT2D eigenvalue weighted by Gasteiger charge is 2.28. The van der Waals surface area contributed by atoms with Crippen LogP contribution < -0.4 is 10.2 Å². The number of methoxy groups -OCH3 is 1. The van der Waals surface area contributed by atoms with E-state index in [0.717, 1.165) is 0 Å². The number of carbonyl (C=O) groups excluding carboxylic acids is 3. The van der Waals surface area contributed by atoms with Crippen molar-refractivity contribution in [3.8, 4) is 0 Å². The summed E-state index contributed by atoms with van der Waals surface area (Å²) in [6, 6.07) is 17.0. The molecule has 1 aliphatic heterocycles. The number of para-hydroxylation sites is 1. The van der Waals surface area contributed by atoms with Gasteiger partial charge >= 0.3 is 5.97 Å². The molecule has 3 aromatic rings. The first-order chi connectivity index (χ1) is 16.0. The highest BCUT2D eigenvalue weighted by molar-refractivity contribution is 6.31. The summed E-state index contributed by atoms with van der Waals surface area (Å²) in [5.74, 6) is -1.15. The Balaban J connectivity index is 1.61. The number of hydrogen-bond acceptors (Lipinski definition) is 6. The van der Waals surface area contributed by atoms with Crippen LogP contribution in [0.2, 0.25) is 5.02 Å². The minimum absolute atomic E-state index is 0.0390. The summed E-state index contributed by atoms with van der Waals surface area (Å²) < 4.78 is 4.76. The molecule has 0 saturated heterocycles. The van der Waals surface area contributed by atoms with Gasteiger partial charge in [0.2, 0.25) is 11.8 Å². The summed E-state index contributed by atoms with van der Waals surface area (Å²) in [6.45, 7) is -0.309. The molecule has 0 saturated carbocycles. The van der Waals surface area contributed by atoms with Crippen molar-refractivity contribution in [1.29, 1.82) is 0 Å². The summed E-state index contributed by atoms with van der Waals surface area (Å²) in [6.07, 6.45) is 1.49. The number of hydrogen-bond donors (Lipinski definition) is 1. The van der Waals surface area contributed by atoms with Crippen LogP contribution >= 0.6 is 11.6 Å². The van der Waals surface area contributed by atoms with E-state index in [0.29, 0.717) is 22.0 Å². The summed E-state index contributed by atoms with van der Waals surface area (Å²) >= 11 is 6.11. The molecule has 0 fully saturated rings. The maximum atomic E-state index is 13.2.